The van der Waals surface area contributed by atoms with Crippen LogP contribution < -0.4 is 19.5 Å². The van der Waals surface area contributed by atoms with Gasteiger partial charge >= 0.3 is 5.97 Å². The lowest BCUT2D eigenvalue weighted by atomic mass is 10.2. The molecule has 0 saturated carbocycles. The van der Waals surface area contributed by atoms with Crippen LogP contribution >= 0.6 is 0 Å². The molecule has 138 valence electrons. The SMILES string of the molecule is N#Cc1ccc(OCC(=O)OCC(=O)Nc2ccc3c(c2)OCCO3)cc1. The fourth-order valence-corrected chi connectivity index (χ4v) is 2.27. The highest BCUT2D eigenvalue weighted by molar-refractivity contribution is 5.93. The highest BCUT2D eigenvalue weighted by atomic mass is 16.6. The average molecular weight is 368 g/mol. The molecule has 8 nitrogen and oxygen atoms in total. The molecule has 1 aliphatic rings. The zero-order chi connectivity index (χ0) is 19.1. The van der Waals surface area contributed by atoms with E-state index in [4.69, 9.17) is 24.2 Å². The minimum atomic E-state index is -0.684. The first-order chi connectivity index (χ1) is 13.1. The monoisotopic (exact) mass is 368 g/mol. The minimum absolute atomic E-state index is 0.344. The molecule has 0 unspecified atom stereocenters. The maximum absolute atomic E-state index is 11.9. The molecule has 0 aliphatic carbocycles. The fraction of sp³-hybridized carbons (Fsp3) is 0.211. The van der Waals surface area contributed by atoms with E-state index in [1.54, 1.807) is 42.5 Å². The van der Waals surface area contributed by atoms with Gasteiger partial charge in [-0.3, -0.25) is 4.79 Å². The van der Waals surface area contributed by atoms with E-state index in [9.17, 15) is 9.59 Å². The molecule has 0 radical (unpaired) electrons. The average Bonchev–Trinajstić information content (AvgIpc) is 2.71. The summed E-state index contributed by atoms with van der Waals surface area (Å²) in [5, 5.41) is 11.3. The Hall–Kier alpha value is -3.73. The van der Waals surface area contributed by atoms with Crippen LogP contribution in [-0.2, 0) is 14.3 Å². The van der Waals surface area contributed by atoms with Gasteiger partial charge in [0, 0.05) is 11.8 Å². The molecule has 0 bridgehead atoms. The molecular weight excluding hydrogens is 352 g/mol. The van der Waals surface area contributed by atoms with Gasteiger partial charge in [0.05, 0.1) is 11.6 Å². The van der Waals surface area contributed by atoms with Gasteiger partial charge in [-0.25, -0.2) is 4.79 Å². The van der Waals surface area contributed by atoms with Crippen LogP contribution in [0.25, 0.3) is 0 Å². The van der Waals surface area contributed by atoms with Gasteiger partial charge in [0.1, 0.15) is 19.0 Å². The lowest BCUT2D eigenvalue weighted by molar-refractivity contribution is -0.149. The molecule has 27 heavy (non-hydrogen) atoms. The van der Waals surface area contributed by atoms with Crippen molar-refractivity contribution in [1.29, 1.82) is 5.26 Å². The molecule has 1 N–H and O–H groups in total. The number of nitrogens with zero attached hydrogens (tertiary/aromatic N) is 1. The Morgan fingerprint density at radius 1 is 1.04 bits per heavy atom. The van der Waals surface area contributed by atoms with Gasteiger partial charge in [-0.1, -0.05) is 0 Å². The number of hydrogen-bond donors (Lipinski definition) is 1. The van der Waals surface area contributed by atoms with E-state index in [0.29, 0.717) is 41.7 Å². The maximum Gasteiger partial charge on any atom is 0.344 e. The molecule has 0 fully saturated rings. The lowest BCUT2D eigenvalue weighted by Crippen LogP contribution is -2.23. The molecule has 2 aromatic carbocycles. The van der Waals surface area contributed by atoms with Crippen LogP contribution in [-0.4, -0.2) is 38.3 Å². The fourth-order valence-electron chi connectivity index (χ4n) is 2.27. The molecule has 0 atom stereocenters. The Kier molecular flexibility index (Phi) is 5.74. The van der Waals surface area contributed by atoms with Crippen LogP contribution in [0.15, 0.2) is 42.5 Å². The van der Waals surface area contributed by atoms with Crippen molar-refractivity contribution in [2.45, 2.75) is 0 Å². The third kappa shape index (κ3) is 5.12. The number of carbonyl (C=O) groups excluding carboxylic acids is 2. The summed E-state index contributed by atoms with van der Waals surface area (Å²) in [5.74, 6) is 0.416. The summed E-state index contributed by atoms with van der Waals surface area (Å²) >= 11 is 0. The van der Waals surface area contributed by atoms with Gasteiger partial charge in [-0.2, -0.15) is 5.26 Å². The molecule has 0 spiro atoms. The van der Waals surface area contributed by atoms with E-state index in [1.807, 2.05) is 6.07 Å². The number of esters is 1. The number of ether oxygens (including phenoxy) is 4. The summed E-state index contributed by atoms with van der Waals surface area (Å²) in [6.45, 7) is 0.146. The van der Waals surface area contributed by atoms with E-state index in [0.717, 1.165) is 0 Å². The van der Waals surface area contributed by atoms with Crippen molar-refractivity contribution < 1.29 is 28.5 Å². The molecule has 1 aliphatic heterocycles. The summed E-state index contributed by atoms with van der Waals surface area (Å²) in [6.07, 6.45) is 0. The van der Waals surface area contributed by atoms with Crippen molar-refractivity contribution in [1.82, 2.24) is 0 Å². The highest BCUT2D eigenvalue weighted by Gasteiger charge is 2.14. The number of nitrogens with one attached hydrogen (secondary N) is 1. The van der Waals surface area contributed by atoms with Crippen molar-refractivity contribution in [3.63, 3.8) is 0 Å². The topological polar surface area (TPSA) is 107 Å². The molecule has 1 heterocycles. The first kappa shape index (κ1) is 18.1. The van der Waals surface area contributed by atoms with Crippen molar-refractivity contribution in [3.8, 4) is 23.3 Å². The molecule has 0 aromatic heterocycles. The van der Waals surface area contributed by atoms with E-state index in [-0.39, 0.29) is 6.61 Å². The van der Waals surface area contributed by atoms with Crippen LogP contribution in [0.3, 0.4) is 0 Å². The quantitative estimate of drug-likeness (QED) is 0.776. The maximum atomic E-state index is 11.9. The Labute approximate surface area is 155 Å². The summed E-state index contributed by atoms with van der Waals surface area (Å²) in [5.41, 5.74) is 0.995. The van der Waals surface area contributed by atoms with Crippen molar-refractivity contribution >= 4 is 17.6 Å². The third-order valence-electron chi connectivity index (χ3n) is 3.53. The van der Waals surface area contributed by atoms with Gasteiger partial charge in [-0.15, -0.1) is 0 Å². The van der Waals surface area contributed by atoms with Crippen molar-refractivity contribution in [2.24, 2.45) is 0 Å². The number of anilines is 1. The molecular formula is C19H16N2O6. The molecule has 1 amide bonds. The van der Waals surface area contributed by atoms with Crippen LogP contribution in [0.2, 0.25) is 0 Å². The Morgan fingerprint density at radius 2 is 1.78 bits per heavy atom. The Morgan fingerprint density at radius 3 is 2.52 bits per heavy atom. The van der Waals surface area contributed by atoms with Crippen molar-refractivity contribution in [3.05, 3.63) is 48.0 Å². The first-order valence-electron chi connectivity index (χ1n) is 8.12. The number of hydrogen-bond acceptors (Lipinski definition) is 7. The normalized spacial score (nSPS) is 11.8. The first-order valence-corrected chi connectivity index (χ1v) is 8.12. The van der Waals surface area contributed by atoms with E-state index in [1.165, 1.54) is 0 Å². The summed E-state index contributed by atoms with van der Waals surface area (Å²) in [6, 6.07) is 13.3. The number of benzene rings is 2. The number of rotatable bonds is 6. The zero-order valence-electron chi connectivity index (χ0n) is 14.3. The summed E-state index contributed by atoms with van der Waals surface area (Å²) in [7, 11) is 0. The smallest absolute Gasteiger partial charge is 0.344 e. The summed E-state index contributed by atoms with van der Waals surface area (Å²) < 4.78 is 20.9. The molecule has 0 saturated heterocycles. The van der Waals surface area contributed by atoms with Gasteiger partial charge in [-0.05, 0) is 36.4 Å². The van der Waals surface area contributed by atoms with Gasteiger partial charge in [0.25, 0.3) is 5.91 Å². The second-order valence-corrected chi connectivity index (χ2v) is 5.49. The lowest BCUT2D eigenvalue weighted by Gasteiger charge is -2.19. The second-order valence-electron chi connectivity index (χ2n) is 5.49. The summed E-state index contributed by atoms with van der Waals surface area (Å²) in [4.78, 5) is 23.6. The highest BCUT2D eigenvalue weighted by Crippen LogP contribution is 2.32. The molecule has 3 rings (SSSR count). The van der Waals surface area contributed by atoms with E-state index >= 15 is 0 Å². The second kappa shape index (κ2) is 8.58. The predicted molar refractivity (Wildman–Crippen MR) is 93.7 cm³/mol. The molecule has 2 aromatic rings. The van der Waals surface area contributed by atoms with Gasteiger partial charge in [0.2, 0.25) is 0 Å². The minimum Gasteiger partial charge on any atom is -0.486 e. The number of amides is 1. The van der Waals surface area contributed by atoms with E-state index < -0.39 is 18.5 Å². The zero-order valence-corrected chi connectivity index (χ0v) is 14.3. The van der Waals surface area contributed by atoms with Crippen LogP contribution in [0, 0.1) is 11.3 Å². The third-order valence-corrected chi connectivity index (χ3v) is 3.53. The number of carbonyl (C=O) groups is 2. The van der Waals surface area contributed by atoms with Gasteiger partial charge < -0.3 is 24.3 Å². The van der Waals surface area contributed by atoms with Crippen LogP contribution in [0.5, 0.6) is 17.2 Å². The number of nitriles is 1. The Balaban J connectivity index is 1.41. The Bertz CT molecular complexity index is 873. The molecule has 8 heteroatoms. The van der Waals surface area contributed by atoms with Gasteiger partial charge in [0.15, 0.2) is 24.7 Å². The van der Waals surface area contributed by atoms with E-state index in [2.05, 4.69) is 5.32 Å². The van der Waals surface area contributed by atoms with Crippen LogP contribution in [0.1, 0.15) is 5.56 Å². The number of fused-ring (bicyclic) bond motifs is 1. The largest absolute Gasteiger partial charge is 0.486 e. The predicted octanol–water partition coefficient (Wildman–Crippen LogP) is 1.89. The van der Waals surface area contributed by atoms with Crippen molar-refractivity contribution in [2.75, 3.05) is 31.7 Å². The van der Waals surface area contributed by atoms with Crippen LogP contribution in [0.4, 0.5) is 5.69 Å². The standard InChI is InChI=1S/C19H16N2O6/c20-10-13-1-4-15(5-2-13)26-12-19(23)27-11-18(22)21-14-3-6-16-17(9-14)25-8-7-24-16/h1-6,9H,7-8,11-12H2,(H,21,22).